The van der Waals surface area contributed by atoms with E-state index in [1.165, 1.54) is 6.07 Å². The molecule has 1 saturated carbocycles. The van der Waals surface area contributed by atoms with Gasteiger partial charge in [0, 0.05) is 18.0 Å². The largest absolute Gasteiger partial charge is 0.480 e. The number of fused-ring (bicyclic) bond motifs is 1. The molecule has 29 heavy (non-hydrogen) atoms. The molecule has 0 aliphatic heterocycles. The average Bonchev–Trinajstić information content (AvgIpc) is 2.64. The van der Waals surface area contributed by atoms with Gasteiger partial charge in [0.25, 0.3) is 0 Å². The molecule has 156 valence electrons. The summed E-state index contributed by atoms with van der Waals surface area (Å²) in [6, 6.07) is 10.8. The van der Waals surface area contributed by atoms with Crippen LogP contribution in [0.4, 0.5) is 4.39 Å². The Morgan fingerprint density at radius 2 is 1.86 bits per heavy atom. The molecular weight excluding hydrogens is 374 g/mol. The molecule has 1 atom stereocenters. The summed E-state index contributed by atoms with van der Waals surface area (Å²) in [7, 11) is -1.37. The summed E-state index contributed by atoms with van der Waals surface area (Å²) in [6.07, 6.45) is 2.94. The number of carbonyl (C=O) groups is 1. The minimum absolute atomic E-state index is 0.124. The summed E-state index contributed by atoms with van der Waals surface area (Å²) in [5.41, 5.74) is 5.94. The van der Waals surface area contributed by atoms with Gasteiger partial charge in [0.2, 0.25) is 0 Å². The summed E-state index contributed by atoms with van der Waals surface area (Å²) >= 11 is 0. The van der Waals surface area contributed by atoms with Crippen LogP contribution in [0, 0.1) is 11.7 Å². The summed E-state index contributed by atoms with van der Waals surface area (Å²) < 4.78 is 14.0. The number of benzene rings is 2. The van der Waals surface area contributed by atoms with Gasteiger partial charge in [-0.25, -0.2) is 4.39 Å². The van der Waals surface area contributed by atoms with E-state index in [9.17, 15) is 14.3 Å². The molecule has 1 fully saturated rings. The van der Waals surface area contributed by atoms with Crippen molar-refractivity contribution in [2.45, 2.75) is 56.5 Å². The van der Waals surface area contributed by atoms with Crippen molar-refractivity contribution in [2.75, 3.05) is 0 Å². The second-order valence-corrected chi connectivity index (χ2v) is 8.07. The topological polar surface area (TPSA) is 116 Å². The van der Waals surface area contributed by atoms with Crippen LogP contribution in [0.1, 0.15) is 37.7 Å². The highest BCUT2D eigenvalue weighted by Gasteiger charge is 2.48. The summed E-state index contributed by atoms with van der Waals surface area (Å²) in [4.78, 5) is 11.8. The van der Waals surface area contributed by atoms with Gasteiger partial charge in [-0.05, 0) is 48.5 Å². The lowest BCUT2D eigenvalue weighted by atomic mass is 9.66. The first-order valence-electron chi connectivity index (χ1n) is 10.1. The third-order valence-electron chi connectivity index (χ3n) is 6.11. The molecule has 0 saturated heterocycles. The predicted octanol–water partition coefficient (Wildman–Crippen LogP) is 2.27. The quantitative estimate of drug-likeness (QED) is 0.308. The number of hydrogen-bond acceptors (Lipinski definition) is 5. The highest BCUT2D eigenvalue weighted by molar-refractivity contribution is 6.40. The molecule has 1 aliphatic carbocycles. The summed E-state index contributed by atoms with van der Waals surface area (Å²) in [5.74, 6) is -1.37. The first-order valence-corrected chi connectivity index (χ1v) is 10.1. The molecule has 3 rings (SSSR count). The van der Waals surface area contributed by atoms with Gasteiger partial charge in [0.05, 0.1) is 0 Å². The normalized spacial score (nSPS) is 20.8. The van der Waals surface area contributed by atoms with E-state index < -0.39 is 18.6 Å². The van der Waals surface area contributed by atoms with Crippen molar-refractivity contribution in [2.24, 2.45) is 11.7 Å². The van der Waals surface area contributed by atoms with Crippen LogP contribution in [-0.4, -0.2) is 39.8 Å². The third kappa shape index (κ3) is 4.95. The van der Waals surface area contributed by atoms with Crippen LogP contribution in [0.5, 0.6) is 0 Å². The molecular formula is C21H28BFN2O4. The molecule has 8 heteroatoms. The smallest absolute Gasteiger partial charge is 0.451 e. The Morgan fingerprint density at radius 3 is 2.55 bits per heavy atom. The number of nitrogens with two attached hydrogens (primary N) is 1. The van der Waals surface area contributed by atoms with Gasteiger partial charge in [0.1, 0.15) is 11.4 Å². The molecule has 2 aromatic carbocycles. The summed E-state index contributed by atoms with van der Waals surface area (Å²) in [6.45, 7) is 0.581. The second-order valence-electron chi connectivity index (χ2n) is 8.07. The maximum atomic E-state index is 14.0. The van der Waals surface area contributed by atoms with Crippen molar-refractivity contribution >= 4 is 23.9 Å². The number of hydrogen-bond donors (Lipinski definition) is 5. The molecule has 0 amide bonds. The summed E-state index contributed by atoms with van der Waals surface area (Å²) in [5, 5.41) is 32.4. The van der Waals surface area contributed by atoms with Crippen molar-refractivity contribution in [3.63, 3.8) is 0 Å². The second kappa shape index (κ2) is 9.22. The van der Waals surface area contributed by atoms with Crippen LogP contribution < -0.4 is 11.1 Å². The number of carboxylic acid groups (broad SMARTS) is 1. The number of aliphatic carboxylic acids is 1. The molecule has 6 N–H and O–H groups in total. The SMILES string of the molecule is NC(CCCCB(O)O)(C(=O)O)[C@H]1C[C@@H](NCc2cccc3c(F)cccc23)C1. The van der Waals surface area contributed by atoms with Crippen LogP contribution in [0.2, 0.25) is 6.32 Å². The van der Waals surface area contributed by atoms with E-state index in [0.29, 0.717) is 44.0 Å². The van der Waals surface area contributed by atoms with Crippen molar-refractivity contribution in [1.82, 2.24) is 5.32 Å². The number of rotatable bonds is 10. The van der Waals surface area contributed by atoms with Gasteiger partial charge in [0.15, 0.2) is 0 Å². The van der Waals surface area contributed by atoms with Crippen molar-refractivity contribution < 1.29 is 24.3 Å². The molecule has 0 aromatic heterocycles. The third-order valence-corrected chi connectivity index (χ3v) is 6.11. The number of halogens is 1. The minimum atomic E-state index is -1.37. The van der Waals surface area contributed by atoms with Gasteiger partial charge in [-0.2, -0.15) is 0 Å². The monoisotopic (exact) mass is 402 g/mol. The van der Waals surface area contributed by atoms with Gasteiger partial charge < -0.3 is 26.2 Å². The van der Waals surface area contributed by atoms with E-state index in [-0.39, 0.29) is 24.1 Å². The standard InChI is InChI=1S/C21H28BFN2O4/c23-19-8-4-6-17-14(5-3-7-18(17)19)13-25-16-11-15(12-16)21(24,20(26)27)9-1-2-10-22(28)29/h3-8,15-16,25,28-29H,1-2,9-13,24H2,(H,26,27)/t15-,16+,21?. The maximum Gasteiger partial charge on any atom is 0.451 e. The van der Waals surface area contributed by atoms with E-state index in [4.69, 9.17) is 15.8 Å². The van der Waals surface area contributed by atoms with Crippen LogP contribution >= 0.6 is 0 Å². The Labute approximate surface area is 170 Å². The van der Waals surface area contributed by atoms with Crippen LogP contribution in [0.15, 0.2) is 36.4 Å². The van der Waals surface area contributed by atoms with Gasteiger partial charge in [-0.1, -0.05) is 43.2 Å². The molecule has 6 nitrogen and oxygen atoms in total. The Bertz CT molecular complexity index is 860. The van der Waals surface area contributed by atoms with Gasteiger partial charge in [-0.15, -0.1) is 0 Å². The predicted molar refractivity (Wildman–Crippen MR) is 111 cm³/mol. The van der Waals surface area contributed by atoms with Crippen molar-refractivity contribution in [1.29, 1.82) is 0 Å². The molecule has 0 spiro atoms. The first kappa shape index (κ1) is 21.7. The van der Waals surface area contributed by atoms with E-state index >= 15 is 0 Å². The van der Waals surface area contributed by atoms with E-state index in [2.05, 4.69) is 5.32 Å². The molecule has 1 aliphatic rings. The van der Waals surface area contributed by atoms with E-state index in [1.807, 2.05) is 18.2 Å². The van der Waals surface area contributed by atoms with Crippen LogP contribution in [0.3, 0.4) is 0 Å². The molecule has 2 aromatic rings. The molecule has 1 unspecified atom stereocenters. The Kier molecular flexibility index (Phi) is 6.90. The zero-order chi connectivity index (χ0) is 21.0. The highest BCUT2D eigenvalue weighted by atomic mass is 19.1. The lowest BCUT2D eigenvalue weighted by molar-refractivity contribution is -0.148. The highest BCUT2D eigenvalue weighted by Crippen LogP contribution is 2.38. The Morgan fingerprint density at radius 1 is 1.17 bits per heavy atom. The van der Waals surface area contributed by atoms with E-state index in [0.717, 1.165) is 10.9 Å². The fourth-order valence-electron chi connectivity index (χ4n) is 4.18. The average molecular weight is 402 g/mol. The first-order chi connectivity index (χ1) is 13.8. The maximum absolute atomic E-state index is 14.0. The van der Waals surface area contributed by atoms with Crippen molar-refractivity contribution in [3.05, 3.63) is 47.8 Å². The Balaban J connectivity index is 1.54. The lowest BCUT2D eigenvalue weighted by Gasteiger charge is -2.45. The fourth-order valence-corrected chi connectivity index (χ4v) is 4.18. The van der Waals surface area contributed by atoms with Gasteiger partial charge in [-0.3, -0.25) is 4.79 Å². The van der Waals surface area contributed by atoms with Crippen LogP contribution in [-0.2, 0) is 11.3 Å². The lowest BCUT2D eigenvalue weighted by Crippen LogP contribution is -2.61. The molecule has 0 radical (unpaired) electrons. The minimum Gasteiger partial charge on any atom is -0.480 e. The zero-order valence-electron chi connectivity index (χ0n) is 16.4. The Hall–Kier alpha value is -2.00. The number of nitrogens with one attached hydrogen (secondary N) is 1. The van der Waals surface area contributed by atoms with Gasteiger partial charge >= 0.3 is 13.1 Å². The fraction of sp³-hybridized carbons (Fsp3) is 0.476. The van der Waals surface area contributed by atoms with Crippen LogP contribution in [0.25, 0.3) is 10.8 Å². The molecule has 0 heterocycles. The molecule has 0 bridgehead atoms. The van der Waals surface area contributed by atoms with E-state index in [1.54, 1.807) is 12.1 Å². The number of unbranched alkanes of at least 4 members (excludes halogenated alkanes) is 1. The van der Waals surface area contributed by atoms with Crippen molar-refractivity contribution in [3.8, 4) is 0 Å². The number of carboxylic acids is 1. The zero-order valence-corrected chi connectivity index (χ0v) is 16.4.